The van der Waals surface area contributed by atoms with E-state index in [4.69, 9.17) is 10.1 Å². The molecule has 1 aliphatic carbocycles. The number of piperidine rings is 1. The van der Waals surface area contributed by atoms with E-state index in [0.717, 1.165) is 42.8 Å². The first-order valence-corrected chi connectivity index (χ1v) is 9.53. The van der Waals surface area contributed by atoms with E-state index in [0.29, 0.717) is 12.5 Å². The standard InChI is InChI=1S/C18H27FN6/c1-3-13-15-11-21-17(23-14-6-9-20-10-12(14)19)24-25(15)16(22-13)18(4-2)7-5-8-18/h11-12,14,20H,3-10H2,1-2H3,(H,23,24)/t12-,14-/m1/s1. The Kier molecular flexibility index (Phi) is 4.35. The summed E-state index contributed by atoms with van der Waals surface area (Å²) in [7, 11) is 0. The smallest absolute Gasteiger partial charge is 0.241 e. The van der Waals surface area contributed by atoms with Gasteiger partial charge in [0.1, 0.15) is 17.5 Å². The molecule has 0 unspecified atom stereocenters. The Morgan fingerprint density at radius 3 is 2.88 bits per heavy atom. The lowest BCUT2D eigenvalue weighted by molar-refractivity contribution is 0.217. The van der Waals surface area contributed by atoms with Gasteiger partial charge < -0.3 is 10.6 Å². The summed E-state index contributed by atoms with van der Waals surface area (Å²) in [6, 6.07) is -0.236. The second kappa shape index (κ2) is 6.52. The molecule has 4 rings (SSSR count). The molecule has 6 nitrogen and oxygen atoms in total. The monoisotopic (exact) mass is 346 g/mol. The number of hydrogen-bond acceptors (Lipinski definition) is 5. The minimum atomic E-state index is -0.921. The fourth-order valence-corrected chi connectivity index (χ4v) is 4.10. The fourth-order valence-electron chi connectivity index (χ4n) is 4.10. The molecule has 2 N–H and O–H groups in total. The predicted octanol–water partition coefficient (Wildman–Crippen LogP) is 2.63. The van der Waals surface area contributed by atoms with Crippen molar-refractivity contribution < 1.29 is 4.39 Å². The van der Waals surface area contributed by atoms with Crippen LogP contribution in [0.25, 0.3) is 5.52 Å². The van der Waals surface area contributed by atoms with Gasteiger partial charge in [-0.1, -0.05) is 20.3 Å². The zero-order chi connectivity index (χ0) is 17.4. The number of fused-ring (bicyclic) bond motifs is 1. The number of alkyl halides is 1. The van der Waals surface area contributed by atoms with Crippen LogP contribution < -0.4 is 10.6 Å². The third-order valence-corrected chi connectivity index (χ3v) is 5.99. The fraction of sp³-hybridized carbons (Fsp3) is 0.722. The molecule has 1 saturated carbocycles. The zero-order valence-electron chi connectivity index (χ0n) is 15.1. The molecule has 2 aromatic heterocycles. The van der Waals surface area contributed by atoms with E-state index in [1.54, 1.807) is 0 Å². The molecule has 3 heterocycles. The first kappa shape index (κ1) is 16.7. The number of halogens is 1. The summed E-state index contributed by atoms with van der Waals surface area (Å²) in [6.07, 6.45) is 7.16. The van der Waals surface area contributed by atoms with Gasteiger partial charge in [0.2, 0.25) is 5.95 Å². The normalized spacial score (nSPS) is 25.7. The summed E-state index contributed by atoms with van der Waals surface area (Å²) in [5, 5.41) is 11.0. The van der Waals surface area contributed by atoms with Crippen molar-refractivity contribution >= 4 is 11.5 Å². The van der Waals surface area contributed by atoms with Crippen molar-refractivity contribution in [3.05, 3.63) is 17.7 Å². The molecule has 0 radical (unpaired) electrons. The van der Waals surface area contributed by atoms with E-state index in [1.165, 1.54) is 19.3 Å². The van der Waals surface area contributed by atoms with Crippen molar-refractivity contribution in [2.24, 2.45) is 0 Å². The van der Waals surface area contributed by atoms with Crippen LogP contribution in [0.3, 0.4) is 0 Å². The van der Waals surface area contributed by atoms with Crippen molar-refractivity contribution in [3.8, 4) is 0 Å². The van der Waals surface area contributed by atoms with Crippen LogP contribution in [0, 0.1) is 0 Å². The van der Waals surface area contributed by atoms with Crippen molar-refractivity contribution in [3.63, 3.8) is 0 Å². The Bertz CT molecular complexity index is 748. The Hall–Kier alpha value is -1.76. The molecule has 0 spiro atoms. The van der Waals surface area contributed by atoms with Gasteiger partial charge in [0, 0.05) is 12.0 Å². The SMILES string of the molecule is CCc1nc(C2(CC)CCC2)n2nc(N[C@@H]3CCNC[C@H]3F)ncc12. The molecule has 136 valence electrons. The number of rotatable bonds is 5. The lowest BCUT2D eigenvalue weighted by atomic mass is 9.66. The molecule has 25 heavy (non-hydrogen) atoms. The minimum absolute atomic E-state index is 0.138. The van der Waals surface area contributed by atoms with Crippen LogP contribution in [0.4, 0.5) is 10.3 Å². The Balaban J connectivity index is 1.71. The Morgan fingerprint density at radius 2 is 2.24 bits per heavy atom. The highest BCUT2D eigenvalue weighted by Gasteiger charge is 2.41. The van der Waals surface area contributed by atoms with E-state index in [-0.39, 0.29) is 11.5 Å². The molecule has 0 amide bonds. The van der Waals surface area contributed by atoms with E-state index in [9.17, 15) is 4.39 Å². The van der Waals surface area contributed by atoms with Crippen LogP contribution in [0.15, 0.2) is 6.20 Å². The maximum Gasteiger partial charge on any atom is 0.241 e. The molecule has 2 fully saturated rings. The maximum absolute atomic E-state index is 14.1. The summed E-state index contributed by atoms with van der Waals surface area (Å²) in [5.41, 5.74) is 2.16. The maximum atomic E-state index is 14.1. The van der Waals surface area contributed by atoms with Gasteiger partial charge in [-0.3, -0.25) is 0 Å². The molecule has 1 aliphatic heterocycles. The predicted molar refractivity (Wildman–Crippen MR) is 95.8 cm³/mol. The third kappa shape index (κ3) is 2.78. The van der Waals surface area contributed by atoms with Gasteiger partial charge in [0.25, 0.3) is 0 Å². The largest absolute Gasteiger partial charge is 0.347 e. The van der Waals surface area contributed by atoms with Gasteiger partial charge in [-0.05, 0) is 38.6 Å². The van der Waals surface area contributed by atoms with Gasteiger partial charge in [-0.25, -0.2) is 18.9 Å². The number of imidazole rings is 1. The van der Waals surface area contributed by atoms with E-state index in [2.05, 4.69) is 29.5 Å². The van der Waals surface area contributed by atoms with Crippen LogP contribution in [-0.4, -0.2) is 44.9 Å². The molecule has 2 aromatic rings. The van der Waals surface area contributed by atoms with E-state index < -0.39 is 6.17 Å². The first-order valence-electron chi connectivity index (χ1n) is 9.53. The van der Waals surface area contributed by atoms with Crippen molar-refractivity contribution in [1.29, 1.82) is 0 Å². The van der Waals surface area contributed by atoms with Crippen molar-refractivity contribution in [2.75, 3.05) is 18.4 Å². The Labute approximate surface area is 147 Å². The third-order valence-electron chi connectivity index (χ3n) is 5.99. The highest BCUT2D eigenvalue weighted by molar-refractivity contribution is 5.53. The second-order valence-corrected chi connectivity index (χ2v) is 7.36. The number of nitrogens with one attached hydrogen (secondary N) is 2. The first-order chi connectivity index (χ1) is 12.2. The molecule has 7 heteroatoms. The topological polar surface area (TPSA) is 67.1 Å². The molecule has 1 saturated heterocycles. The van der Waals surface area contributed by atoms with Crippen LogP contribution >= 0.6 is 0 Å². The van der Waals surface area contributed by atoms with Gasteiger partial charge >= 0.3 is 0 Å². The van der Waals surface area contributed by atoms with Crippen LogP contribution in [0.5, 0.6) is 0 Å². The molecule has 2 atom stereocenters. The van der Waals surface area contributed by atoms with Gasteiger partial charge in [-0.15, -0.1) is 5.10 Å². The average molecular weight is 346 g/mol. The van der Waals surface area contributed by atoms with Crippen LogP contribution in [0.2, 0.25) is 0 Å². The van der Waals surface area contributed by atoms with Crippen LogP contribution in [0.1, 0.15) is 57.5 Å². The molecule has 0 aromatic carbocycles. The van der Waals surface area contributed by atoms with Gasteiger partial charge in [0.05, 0.1) is 17.9 Å². The number of aryl methyl sites for hydroxylation is 1. The molecular formula is C18H27FN6. The van der Waals surface area contributed by atoms with Gasteiger partial charge in [0.15, 0.2) is 0 Å². The summed E-state index contributed by atoms with van der Waals surface area (Å²) in [6.45, 7) is 5.54. The van der Waals surface area contributed by atoms with Crippen molar-refractivity contribution in [1.82, 2.24) is 24.9 Å². The van der Waals surface area contributed by atoms with Crippen molar-refractivity contribution in [2.45, 2.75) is 70.0 Å². The number of hydrogen-bond donors (Lipinski definition) is 2. The van der Waals surface area contributed by atoms with E-state index in [1.807, 2.05) is 10.7 Å². The highest BCUT2D eigenvalue weighted by atomic mass is 19.1. The minimum Gasteiger partial charge on any atom is -0.347 e. The average Bonchev–Trinajstić information content (AvgIpc) is 2.95. The molecule has 0 bridgehead atoms. The zero-order valence-corrected chi connectivity index (χ0v) is 15.1. The lowest BCUT2D eigenvalue weighted by Gasteiger charge is -2.39. The summed E-state index contributed by atoms with van der Waals surface area (Å²) in [4.78, 5) is 9.36. The summed E-state index contributed by atoms with van der Waals surface area (Å²) < 4.78 is 16.1. The van der Waals surface area contributed by atoms with E-state index >= 15 is 0 Å². The molecule has 2 aliphatic rings. The summed E-state index contributed by atoms with van der Waals surface area (Å²) in [5.74, 6) is 1.55. The van der Waals surface area contributed by atoms with Crippen LogP contribution in [-0.2, 0) is 11.8 Å². The number of nitrogens with zero attached hydrogens (tertiary/aromatic N) is 4. The highest BCUT2D eigenvalue weighted by Crippen LogP contribution is 2.46. The van der Waals surface area contributed by atoms with Gasteiger partial charge in [-0.2, -0.15) is 0 Å². The quantitative estimate of drug-likeness (QED) is 0.871. The Morgan fingerprint density at radius 1 is 1.40 bits per heavy atom. The number of aromatic nitrogens is 4. The summed E-state index contributed by atoms with van der Waals surface area (Å²) >= 11 is 0. The number of anilines is 1. The lowest BCUT2D eigenvalue weighted by Crippen LogP contribution is -2.45. The molecular weight excluding hydrogens is 319 g/mol. The second-order valence-electron chi connectivity index (χ2n) is 7.36.